The van der Waals surface area contributed by atoms with E-state index in [-0.39, 0.29) is 6.03 Å². The fraction of sp³-hybridized carbons (Fsp3) is 0.714. The molecule has 1 N–H and O–H groups in total. The normalized spacial score (nSPS) is 16.4. The summed E-state index contributed by atoms with van der Waals surface area (Å²) in [6.45, 7) is 2.67. The van der Waals surface area contributed by atoms with E-state index in [1.807, 2.05) is 22.8 Å². The number of carbonyl (C=O) groups is 1. The van der Waals surface area contributed by atoms with Crippen molar-refractivity contribution < 1.29 is 4.79 Å². The van der Waals surface area contributed by atoms with Gasteiger partial charge in [-0.25, -0.2) is 4.79 Å². The highest BCUT2D eigenvalue weighted by molar-refractivity contribution is 5.73. The van der Waals surface area contributed by atoms with Crippen molar-refractivity contribution in [1.29, 1.82) is 0 Å². The highest BCUT2D eigenvalue weighted by Gasteiger charge is 2.23. The van der Waals surface area contributed by atoms with Crippen LogP contribution in [0.1, 0.15) is 18.4 Å². The van der Waals surface area contributed by atoms with E-state index in [2.05, 4.69) is 16.6 Å². The Bertz CT molecular complexity index is 435. The average Bonchev–Trinajstić information content (AvgIpc) is 2.84. The van der Waals surface area contributed by atoms with Crippen LogP contribution in [-0.2, 0) is 13.5 Å². The minimum Gasteiger partial charge on any atom is -0.331 e. The zero-order valence-corrected chi connectivity index (χ0v) is 12.7. The maximum absolute atomic E-state index is 11.8. The van der Waals surface area contributed by atoms with E-state index in [0.717, 1.165) is 38.9 Å². The van der Waals surface area contributed by atoms with E-state index in [9.17, 15) is 4.79 Å². The van der Waals surface area contributed by atoms with Gasteiger partial charge in [-0.05, 0) is 31.4 Å². The molecule has 0 spiro atoms. The van der Waals surface area contributed by atoms with Gasteiger partial charge in [0.2, 0.25) is 0 Å². The molecule has 2 rings (SSSR count). The van der Waals surface area contributed by atoms with Crippen LogP contribution < -0.4 is 5.32 Å². The third-order valence-corrected chi connectivity index (χ3v) is 3.75. The van der Waals surface area contributed by atoms with Gasteiger partial charge >= 0.3 is 6.03 Å². The monoisotopic (exact) mass is 279 g/mol. The lowest BCUT2D eigenvalue weighted by molar-refractivity contribution is 0.152. The lowest BCUT2D eigenvalue weighted by Gasteiger charge is -2.34. The minimum atomic E-state index is 0.124. The number of aryl methyl sites for hydroxylation is 1. The van der Waals surface area contributed by atoms with Crippen molar-refractivity contribution in [2.24, 2.45) is 7.05 Å². The topological polar surface area (TPSA) is 53.4 Å². The largest absolute Gasteiger partial charge is 0.331 e. The molecule has 0 radical (unpaired) electrons. The molecule has 1 saturated heterocycles. The Morgan fingerprint density at radius 3 is 2.70 bits per heavy atom. The SMILES string of the molecule is CN(C)C(=O)N1CCC(NCCc2cnn(C)c2)CC1. The summed E-state index contributed by atoms with van der Waals surface area (Å²) in [5, 5.41) is 7.75. The number of aromatic nitrogens is 2. The van der Waals surface area contributed by atoms with Gasteiger partial charge in [0, 0.05) is 46.5 Å². The number of hydrogen-bond donors (Lipinski definition) is 1. The summed E-state index contributed by atoms with van der Waals surface area (Å²) in [6.07, 6.45) is 7.05. The number of piperidine rings is 1. The fourth-order valence-corrected chi connectivity index (χ4v) is 2.58. The van der Waals surface area contributed by atoms with Crippen LogP contribution in [0.3, 0.4) is 0 Å². The Hall–Kier alpha value is -1.56. The number of carbonyl (C=O) groups excluding carboxylic acids is 1. The van der Waals surface area contributed by atoms with Crippen LogP contribution in [0.5, 0.6) is 0 Å². The van der Waals surface area contributed by atoms with Crippen LogP contribution in [0.2, 0.25) is 0 Å². The molecule has 0 saturated carbocycles. The third kappa shape index (κ3) is 3.96. The fourth-order valence-electron chi connectivity index (χ4n) is 2.58. The zero-order chi connectivity index (χ0) is 14.5. The molecule has 6 heteroatoms. The van der Waals surface area contributed by atoms with Crippen LogP contribution in [0.25, 0.3) is 0 Å². The third-order valence-electron chi connectivity index (χ3n) is 3.75. The first-order chi connectivity index (χ1) is 9.56. The zero-order valence-electron chi connectivity index (χ0n) is 12.7. The molecular weight excluding hydrogens is 254 g/mol. The molecule has 0 unspecified atom stereocenters. The predicted molar refractivity (Wildman–Crippen MR) is 78.6 cm³/mol. The van der Waals surface area contributed by atoms with Gasteiger partial charge in [-0.2, -0.15) is 5.10 Å². The summed E-state index contributed by atoms with van der Waals surface area (Å²) in [5.41, 5.74) is 1.26. The highest BCUT2D eigenvalue weighted by atomic mass is 16.2. The number of rotatable bonds is 4. The van der Waals surface area contributed by atoms with Crippen molar-refractivity contribution >= 4 is 6.03 Å². The number of hydrogen-bond acceptors (Lipinski definition) is 3. The van der Waals surface area contributed by atoms with Gasteiger partial charge < -0.3 is 15.1 Å². The maximum atomic E-state index is 11.8. The van der Waals surface area contributed by atoms with Gasteiger partial charge in [0.05, 0.1) is 6.20 Å². The summed E-state index contributed by atoms with van der Waals surface area (Å²) in [4.78, 5) is 15.4. The summed E-state index contributed by atoms with van der Waals surface area (Å²) in [6, 6.07) is 0.650. The Labute approximate surface area is 120 Å². The number of urea groups is 1. The second-order valence-electron chi connectivity index (χ2n) is 5.66. The molecule has 0 bridgehead atoms. The van der Waals surface area contributed by atoms with Crippen molar-refractivity contribution in [2.75, 3.05) is 33.7 Å². The quantitative estimate of drug-likeness (QED) is 0.882. The van der Waals surface area contributed by atoms with Crippen LogP contribution >= 0.6 is 0 Å². The first kappa shape index (κ1) is 14.8. The molecule has 1 fully saturated rings. The van der Waals surface area contributed by atoms with Gasteiger partial charge in [-0.3, -0.25) is 4.68 Å². The molecule has 0 aromatic carbocycles. The van der Waals surface area contributed by atoms with Crippen molar-refractivity contribution in [3.8, 4) is 0 Å². The molecule has 2 amide bonds. The van der Waals surface area contributed by atoms with Gasteiger partial charge in [-0.1, -0.05) is 0 Å². The number of amides is 2. The van der Waals surface area contributed by atoms with Crippen LogP contribution in [0, 0.1) is 0 Å². The van der Waals surface area contributed by atoms with Crippen molar-refractivity contribution in [1.82, 2.24) is 24.9 Å². The van der Waals surface area contributed by atoms with Gasteiger partial charge in [0.25, 0.3) is 0 Å². The van der Waals surface area contributed by atoms with E-state index in [4.69, 9.17) is 0 Å². The Morgan fingerprint density at radius 1 is 1.45 bits per heavy atom. The molecule has 1 aliphatic heterocycles. The Morgan fingerprint density at radius 2 is 2.15 bits per heavy atom. The molecule has 0 aliphatic carbocycles. The van der Waals surface area contributed by atoms with Crippen LogP contribution in [-0.4, -0.2) is 65.4 Å². The smallest absolute Gasteiger partial charge is 0.319 e. The van der Waals surface area contributed by atoms with Gasteiger partial charge in [0.1, 0.15) is 0 Å². The van der Waals surface area contributed by atoms with Crippen LogP contribution in [0.4, 0.5) is 4.79 Å². The van der Waals surface area contributed by atoms with E-state index in [1.165, 1.54) is 5.56 Å². The van der Waals surface area contributed by atoms with Gasteiger partial charge in [-0.15, -0.1) is 0 Å². The molecule has 1 aromatic rings. The summed E-state index contributed by atoms with van der Waals surface area (Å²) >= 11 is 0. The van der Waals surface area contributed by atoms with Crippen molar-refractivity contribution in [3.05, 3.63) is 18.0 Å². The van der Waals surface area contributed by atoms with Crippen LogP contribution in [0.15, 0.2) is 12.4 Å². The predicted octanol–water partition coefficient (Wildman–Crippen LogP) is 0.698. The minimum absolute atomic E-state index is 0.124. The number of nitrogens with zero attached hydrogens (tertiary/aromatic N) is 4. The lowest BCUT2D eigenvalue weighted by Crippen LogP contribution is -2.48. The number of nitrogens with one attached hydrogen (secondary N) is 1. The van der Waals surface area contributed by atoms with E-state index < -0.39 is 0 Å². The molecule has 1 aromatic heterocycles. The second-order valence-corrected chi connectivity index (χ2v) is 5.66. The summed E-state index contributed by atoms with van der Waals surface area (Å²) in [5.74, 6) is 0. The second kappa shape index (κ2) is 6.74. The molecule has 6 nitrogen and oxygen atoms in total. The average molecular weight is 279 g/mol. The standard InChI is InChI=1S/C14H25N5O/c1-17(2)14(20)19-8-5-13(6-9-19)15-7-4-12-10-16-18(3)11-12/h10-11,13,15H,4-9H2,1-3H3. The first-order valence-corrected chi connectivity index (χ1v) is 7.23. The Kier molecular flexibility index (Phi) is 5.00. The first-order valence-electron chi connectivity index (χ1n) is 7.23. The lowest BCUT2D eigenvalue weighted by atomic mass is 10.1. The van der Waals surface area contributed by atoms with E-state index in [1.54, 1.807) is 19.0 Å². The maximum Gasteiger partial charge on any atom is 0.319 e. The molecule has 20 heavy (non-hydrogen) atoms. The highest BCUT2D eigenvalue weighted by Crippen LogP contribution is 2.11. The van der Waals surface area contributed by atoms with E-state index in [0.29, 0.717) is 6.04 Å². The molecule has 1 aliphatic rings. The summed E-state index contributed by atoms with van der Waals surface area (Å²) in [7, 11) is 5.55. The Balaban J connectivity index is 1.66. The van der Waals surface area contributed by atoms with Crippen molar-refractivity contribution in [3.63, 3.8) is 0 Å². The van der Waals surface area contributed by atoms with E-state index >= 15 is 0 Å². The van der Waals surface area contributed by atoms with Gasteiger partial charge in [0.15, 0.2) is 0 Å². The number of likely N-dealkylation sites (tertiary alicyclic amines) is 1. The molecule has 112 valence electrons. The molecule has 0 atom stereocenters. The molecular formula is C14H25N5O. The summed E-state index contributed by atoms with van der Waals surface area (Å²) < 4.78 is 1.83. The molecule has 2 heterocycles. The van der Waals surface area contributed by atoms with Crippen molar-refractivity contribution in [2.45, 2.75) is 25.3 Å².